The number of aromatic nitrogens is 2. The summed E-state index contributed by atoms with van der Waals surface area (Å²) >= 11 is 2.13. The molecule has 0 bridgehead atoms. The number of hydrogen-bond donors (Lipinski definition) is 2. The van der Waals surface area contributed by atoms with Gasteiger partial charge >= 0.3 is 12.1 Å². The number of nitrogens with zero attached hydrogens (tertiary/aromatic N) is 2. The highest BCUT2D eigenvalue weighted by molar-refractivity contribution is 8.01. The lowest BCUT2D eigenvalue weighted by molar-refractivity contribution is -0.147. The van der Waals surface area contributed by atoms with Crippen LogP contribution < -0.4 is 5.32 Å². The molecule has 1 aliphatic rings. The Kier molecular flexibility index (Phi) is 4.45. The molecule has 0 unspecified atom stereocenters. The van der Waals surface area contributed by atoms with E-state index >= 15 is 0 Å². The summed E-state index contributed by atoms with van der Waals surface area (Å²) in [6.07, 6.45) is -1.75. The van der Waals surface area contributed by atoms with Crippen LogP contribution in [0.3, 0.4) is 0 Å². The minimum Gasteiger partial charge on any atom is -0.480 e. The maximum atomic E-state index is 12.5. The summed E-state index contributed by atoms with van der Waals surface area (Å²) in [4.78, 5) is 30.9. The van der Waals surface area contributed by atoms with Crippen LogP contribution in [0.5, 0.6) is 0 Å². The van der Waals surface area contributed by atoms with Crippen molar-refractivity contribution in [1.29, 1.82) is 0 Å². The second-order valence-electron chi connectivity index (χ2n) is 5.32. The minimum atomic E-state index is -4.45. The maximum absolute atomic E-state index is 12.5. The van der Waals surface area contributed by atoms with Gasteiger partial charge in [-0.15, -0.1) is 0 Å². The first kappa shape index (κ1) is 17.7. The van der Waals surface area contributed by atoms with Crippen LogP contribution in [0.15, 0.2) is 33.9 Å². The quantitative estimate of drug-likeness (QED) is 0.761. The number of carboxylic acid groups (broad SMARTS) is 1. The van der Waals surface area contributed by atoms with Crippen LogP contribution in [-0.4, -0.2) is 27.0 Å². The molecule has 1 fully saturated rings. The van der Waals surface area contributed by atoms with Crippen molar-refractivity contribution in [2.75, 3.05) is 5.32 Å². The lowest BCUT2D eigenvalue weighted by Gasteiger charge is -2.08. The summed E-state index contributed by atoms with van der Waals surface area (Å²) in [6.45, 7) is 0. The van der Waals surface area contributed by atoms with Gasteiger partial charge in [0.2, 0.25) is 5.91 Å². The Balaban J connectivity index is 1.64. The number of aliphatic carboxylic acids is 1. The van der Waals surface area contributed by atoms with E-state index in [0.717, 1.165) is 35.4 Å². The molecule has 2 heterocycles. The lowest BCUT2D eigenvalue weighted by atomic mass is 10.1. The van der Waals surface area contributed by atoms with Crippen molar-refractivity contribution < 1.29 is 27.9 Å². The topological polar surface area (TPSA) is 92.2 Å². The maximum Gasteiger partial charge on any atom is 0.417 e. The molecule has 3 rings (SSSR count). The van der Waals surface area contributed by atoms with Gasteiger partial charge in [-0.3, -0.25) is 9.59 Å². The molecule has 25 heavy (non-hydrogen) atoms. The zero-order valence-electron chi connectivity index (χ0n) is 12.3. The molecule has 132 valence electrons. The Hall–Kier alpha value is -2.14. The molecule has 0 aromatic carbocycles. The van der Waals surface area contributed by atoms with E-state index < -0.39 is 29.0 Å². The van der Waals surface area contributed by atoms with Gasteiger partial charge in [0.1, 0.15) is 15.4 Å². The number of alkyl halides is 3. The summed E-state index contributed by atoms with van der Waals surface area (Å²) in [6, 6.07) is 2.16. The van der Waals surface area contributed by atoms with Crippen LogP contribution in [0.2, 0.25) is 0 Å². The SMILES string of the molecule is O=C(O)C1(C(=O)Nc2cnc(Sc3ccc(C(F)(F)F)cn3)s2)CC1. The van der Waals surface area contributed by atoms with E-state index in [1.54, 1.807) is 0 Å². The van der Waals surface area contributed by atoms with Gasteiger partial charge in [-0.25, -0.2) is 9.97 Å². The van der Waals surface area contributed by atoms with Crippen molar-refractivity contribution in [3.05, 3.63) is 30.1 Å². The van der Waals surface area contributed by atoms with Crippen molar-refractivity contribution in [3.8, 4) is 0 Å². The van der Waals surface area contributed by atoms with Crippen LogP contribution in [0.25, 0.3) is 0 Å². The average Bonchev–Trinajstić information content (AvgIpc) is 3.25. The monoisotopic (exact) mass is 389 g/mol. The second kappa shape index (κ2) is 6.30. The number of pyridine rings is 1. The van der Waals surface area contributed by atoms with Crippen LogP contribution in [0.4, 0.5) is 18.2 Å². The highest BCUT2D eigenvalue weighted by atomic mass is 32.2. The molecular weight excluding hydrogens is 379 g/mol. The number of hydrogen-bond acceptors (Lipinski definition) is 6. The van der Waals surface area contributed by atoms with E-state index in [0.29, 0.717) is 27.2 Å². The standard InChI is InChI=1S/C14H10F3N3O3S2/c15-14(16,17)7-1-2-8(18-5-7)24-12-19-6-9(25-12)20-10(21)13(3-4-13)11(22)23/h1-2,5-6H,3-4H2,(H,20,21)(H,22,23). The van der Waals surface area contributed by atoms with E-state index in [1.807, 2.05) is 0 Å². The van der Waals surface area contributed by atoms with Crippen molar-refractivity contribution in [2.24, 2.45) is 5.41 Å². The number of carboxylic acids is 1. The Morgan fingerprint density at radius 3 is 2.48 bits per heavy atom. The summed E-state index contributed by atoms with van der Waals surface area (Å²) < 4.78 is 37.9. The molecule has 0 atom stereocenters. The number of halogens is 3. The highest BCUT2D eigenvalue weighted by Gasteiger charge is 2.57. The molecule has 1 saturated carbocycles. The summed E-state index contributed by atoms with van der Waals surface area (Å²) in [7, 11) is 0. The number of amides is 1. The first-order chi connectivity index (χ1) is 11.7. The van der Waals surface area contributed by atoms with Gasteiger partial charge in [0, 0.05) is 6.20 Å². The average molecular weight is 389 g/mol. The summed E-state index contributed by atoms with van der Waals surface area (Å²) in [5.74, 6) is -1.74. The number of carbonyl (C=O) groups excluding carboxylic acids is 1. The first-order valence-electron chi connectivity index (χ1n) is 6.92. The largest absolute Gasteiger partial charge is 0.480 e. The van der Waals surface area contributed by atoms with Crippen molar-refractivity contribution in [1.82, 2.24) is 9.97 Å². The molecule has 2 N–H and O–H groups in total. The Morgan fingerprint density at radius 1 is 1.24 bits per heavy atom. The van der Waals surface area contributed by atoms with Crippen molar-refractivity contribution in [3.63, 3.8) is 0 Å². The van der Waals surface area contributed by atoms with E-state index in [4.69, 9.17) is 5.11 Å². The van der Waals surface area contributed by atoms with Gasteiger partial charge in [-0.05, 0) is 36.7 Å². The van der Waals surface area contributed by atoms with Gasteiger partial charge in [0.25, 0.3) is 0 Å². The molecule has 11 heteroatoms. The minimum absolute atomic E-state index is 0.296. The molecule has 2 aromatic rings. The molecule has 6 nitrogen and oxygen atoms in total. The lowest BCUT2D eigenvalue weighted by Crippen LogP contribution is -2.30. The normalized spacial score (nSPS) is 15.6. The Labute approximate surface area is 147 Å². The zero-order valence-corrected chi connectivity index (χ0v) is 14.0. The van der Waals surface area contributed by atoms with Crippen LogP contribution >= 0.6 is 23.1 Å². The fraction of sp³-hybridized carbons (Fsp3) is 0.286. The molecule has 0 aliphatic heterocycles. The van der Waals surface area contributed by atoms with Crippen LogP contribution in [0.1, 0.15) is 18.4 Å². The fourth-order valence-corrected chi connectivity index (χ4v) is 3.72. The fourth-order valence-electron chi connectivity index (χ4n) is 1.96. The summed E-state index contributed by atoms with van der Waals surface area (Å²) in [5, 5.41) is 12.3. The van der Waals surface area contributed by atoms with E-state index in [-0.39, 0.29) is 0 Å². The van der Waals surface area contributed by atoms with Crippen molar-refractivity contribution >= 4 is 40.0 Å². The molecule has 2 aromatic heterocycles. The Bertz CT molecular complexity index is 817. The molecule has 0 saturated heterocycles. The molecule has 1 amide bonds. The van der Waals surface area contributed by atoms with Crippen molar-refractivity contribution in [2.45, 2.75) is 28.4 Å². The number of anilines is 1. The van der Waals surface area contributed by atoms with E-state index in [2.05, 4.69) is 15.3 Å². The molecular formula is C14H10F3N3O3S2. The van der Waals surface area contributed by atoms with Crippen LogP contribution in [-0.2, 0) is 15.8 Å². The third-order valence-corrected chi connectivity index (χ3v) is 5.51. The third kappa shape index (κ3) is 3.76. The molecule has 0 spiro atoms. The third-order valence-electron chi connectivity index (χ3n) is 3.57. The number of rotatable bonds is 5. The number of carbonyl (C=O) groups is 2. The van der Waals surface area contributed by atoms with Gasteiger partial charge in [0.05, 0.1) is 11.8 Å². The first-order valence-corrected chi connectivity index (χ1v) is 8.56. The second-order valence-corrected chi connectivity index (χ2v) is 7.61. The number of thiazole rings is 1. The van der Waals surface area contributed by atoms with Gasteiger partial charge < -0.3 is 10.4 Å². The van der Waals surface area contributed by atoms with Crippen LogP contribution in [0, 0.1) is 5.41 Å². The zero-order chi connectivity index (χ0) is 18.2. The highest BCUT2D eigenvalue weighted by Crippen LogP contribution is 2.47. The van der Waals surface area contributed by atoms with Gasteiger partial charge in [0.15, 0.2) is 4.34 Å². The predicted octanol–water partition coefficient (Wildman–Crippen LogP) is 3.51. The predicted molar refractivity (Wildman–Crippen MR) is 83.4 cm³/mol. The molecule has 0 radical (unpaired) electrons. The summed E-state index contributed by atoms with van der Waals surface area (Å²) in [5.41, 5.74) is -2.20. The van der Waals surface area contributed by atoms with Gasteiger partial charge in [-0.2, -0.15) is 13.2 Å². The van der Waals surface area contributed by atoms with Gasteiger partial charge in [-0.1, -0.05) is 11.3 Å². The number of nitrogens with one attached hydrogen (secondary N) is 1. The van der Waals surface area contributed by atoms with E-state index in [9.17, 15) is 22.8 Å². The Morgan fingerprint density at radius 2 is 1.96 bits per heavy atom. The smallest absolute Gasteiger partial charge is 0.417 e. The molecule has 1 aliphatic carbocycles. The van der Waals surface area contributed by atoms with E-state index in [1.165, 1.54) is 12.3 Å².